The van der Waals surface area contributed by atoms with Crippen molar-refractivity contribution in [2.45, 2.75) is 6.04 Å². The highest BCUT2D eigenvalue weighted by atomic mass is 16.3. The van der Waals surface area contributed by atoms with Crippen LogP contribution in [0.15, 0.2) is 6.33 Å². The fourth-order valence-electron chi connectivity index (χ4n) is 0.867. The van der Waals surface area contributed by atoms with E-state index in [9.17, 15) is 0 Å². The van der Waals surface area contributed by atoms with Crippen molar-refractivity contribution in [1.82, 2.24) is 9.97 Å². The van der Waals surface area contributed by atoms with Crippen LogP contribution in [-0.2, 0) is 0 Å². The molecular formula is C7H13N5O2. The van der Waals surface area contributed by atoms with E-state index in [-0.39, 0.29) is 24.7 Å². The van der Waals surface area contributed by atoms with Crippen LogP contribution < -0.4 is 16.8 Å². The summed E-state index contributed by atoms with van der Waals surface area (Å²) in [6.07, 6.45) is 1.25. The smallest absolute Gasteiger partial charge is 0.155 e. The van der Waals surface area contributed by atoms with Gasteiger partial charge in [0.1, 0.15) is 12.0 Å². The van der Waals surface area contributed by atoms with Gasteiger partial charge in [-0.05, 0) is 0 Å². The molecule has 0 radical (unpaired) electrons. The molecule has 1 aromatic heterocycles. The largest absolute Gasteiger partial charge is 0.394 e. The second-order valence-corrected chi connectivity index (χ2v) is 2.73. The molecule has 0 spiro atoms. The highest BCUT2D eigenvalue weighted by Gasteiger charge is 2.10. The number of hydrogen-bond acceptors (Lipinski definition) is 7. The van der Waals surface area contributed by atoms with Crippen LogP contribution in [0.25, 0.3) is 0 Å². The Labute approximate surface area is 80.8 Å². The first-order valence-electron chi connectivity index (χ1n) is 4.03. The van der Waals surface area contributed by atoms with E-state index in [2.05, 4.69) is 15.3 Å². The van der Waals surface area contributed by atoms with Crippen LogP contribution in [0.5, 0.6) is 0 Å². The molecule has 0 amide bonds. The summed E-state index contributed by atoms with van der Waals surface area (Å²) in [5, 5.41) is 20.4. The monoisotopic (exact) mass is 199 g/mol. The Balaban J connectivity index is 2.80. The highest BCUT2D eigenvalue weighted by Crippen LogP contribution is 2.19. The fourth-order valence-corrected chi connectivity index (χ4v) is 0.867. The zero-order chi connectivity index (χ0) is 10.6. The number of aromatic nitrogens is 2. The SMILES string of the molecule is Nc1ncnc(NC(CO)CO)c1N. The Morgan fingerprint density at radius 2 is 1.93 bits per heavy atom. The van der Waals surface area contributed by atoms with E-state index in [1.165, 1.54) is 6.33 Å². The summed E-state index contributed by atoms with van der Waals surface area (Å²) in [7, 11) is 0. The fraction of sp³-hybridized carbons (Fsp3) is 0.429. The number of nitrogen functional groups attached to an aromatic ring is 2. The first-order valence-corrected chi connectivity index (χ1v) is 4.03. The molecule has 0 unspecified atom stereocenters. The molecule has 0 bridgehead atoms. The number of aliphatic hydroxyl groups is 2. The van der Waals surface area contributed by atoms with Crippen molar-refractivity contribution in [1.29, 1.82) is 0 Å². The van der Waals surface area contributed by atoms with Gasteiger partial charge in [-0.3, -0.25) is 0 Å². The zero-order valence-corrected chi connectivity index (χ0v) is 7.51. The lowest BCUT2D eigenvalue weighted by atomic mass is 10.3. The molecule has 7 heteroatoms. The minimum Gasteiger partial charge on any atom is -0.394 e. The van der Waals surface area contributed by atoms with E-state index in [1.807, 2.05) is 0 Å². The lowest BCUT2D eigenvalue weighted by Crippen LogP contribution is -2.28. The van der Waals surface area contributed by atoms with Gasteiger partial charge in [0.25, 0.3) is 0 Å². The summed E-state index contributed by atoms with van der Waals surface area (Å²) in [5.41, 5.74) is 11.2. The molecule has 7 N–H and O–H groups in total. The molecule has 1 heterocycles. The van der Waals surface area contributed by atoms with Crippen molar-refractivity contribution in [3.63, 3.8) is 0 Å². The normalized spacial score (nSPS) is 10.5. The van der Waals surface area contributed by atoms with Crippen LogP contribution in [0.1, 0.15) is 0 Å². The predicted octanol–water partition coefficient (Wildman–Crippen LogP) is -1.59. The third-order valence-corrected chi connectivity index (χ3v) is 1.70. The number of rotatable bonds is 4. The number of anilines is 3. The molecule has 0 atom stereocenters. The van der Waals surface area contributed by atoms with Gasteiger partial charge in [-0.15, -0.1) is 0 Å². The molecule has 14 heavy (non-hydrogen) atoms. The lowest BCUT2D eigenvalue weighted by Gasteiger charge is -2.15. The Kier molecular flexibility index (Phi) is 3.43. The zero-order valence-electron chi connectivity index (χ0n) is 7.51. The van der Waals surface area contributed by atoms with Crippen molar-refractivity contribution in [2.24, 2.45) is 0 Å². The molecule has 7 nitrogen and oxygen atoms in total. The molecule has 0 aliphatic rings. The summed E-state index contributed by atoms with van der Waals surface area (Å²) in [4.78, 5) is 7.50. The summed E-state index contributed by atoms with van der Waals surface area (Å²) in [6, 6.07) is -0.508. The number of aliphatic hydroxyl groups excluding tert-OH is 2. The Morgan fingerprint density at radius 3 is 2.50 bits per heavy atom. The van der Waals surface area contributed by atoms with Gasteiger partial charge in [-0.1, -0.05) is 0 Å². The maximum Gasteiger partial charge on any atom is 0.155 e. The van der Waals surface area contributed by atoms with E-state index in [1.54, 1.807) is 0 Å². The van der Waals surface area contributed by atoms with Gasteiger partial charge in [0.05, 0.1) is 19.3 Å². The van der Waals surface area contributed by atoms with Crippen LogP contribution in [0, 0.1) is 0 Å². The Hall–Kier alpha value is -1.60. The van der Waals surface area contributed by atoms with Gasteiger partial charge in [0.2, 0.25) is 0 Å². The van der Waals surface area contributed by atoms with Gasteiger partial charge in [0, 0.05) is 0 Å². The summed E-state index contributed by atoms with van der Waals surface area (Å²) < 4.78 is 0. The summed E-state index contributed by atoms with van der Waals surface area (Å²) in [5.74, 6) is 0.475. The predicted molar refractivity (Wildman–Crippen MR) is 52.4 cm³/mol. The van der Waals surface area contributed by atoms with E-state index in [0.29, 0.717) is 5.82 Å². The van der Waals surface area contributed by atoms with E-state index < -0.39 is 6.04 Å². The average molecular weight is 199 g/mol. The summed E-state index contributed by atoms with van der Waals surface area (Å²) in [6.45, 7) is -0.445. The van der Waals surface area contributed by atoms with Crippen LogP contribution in [0.3, 0.4) is 0 Å². The molecule has 1 aromatic rings. The minimum absolute atomic E-state index is 0.164. The Morgan fingerprint density at radius 1 is 1.29 bits per heavy atom. The minimum atomic E-state index is -0.508. The second kappa shape index (κ2) is 4.58. The number of nitrogens with zero attached hydrogens (tertiary/aromatic N) is 2. The van der Waals surface area contributed by atoms with E-state index >= 15 is 0 Å². The number of nitrogens with two attached hydrogens (primary N) is 2. The molecule has 0 fully saturated rings. The third-order valence-electron chi connectivity index (χ3n) is 1.70. The lowest BCUT2D eigenvalue weighted by molar-refractivity contribution is 0.203. The van der Waals surface area contributed by atoms with Crippen LogP contribution >= 0.6 is 0 Å². The number of nitrogens with one attached hydrogen (secondary N) is 1. The van der Waals surface area contributed by atoms with Gasteiger partial charge in [-0.25, -0.2) is 9.97 Å². The molecule has 0 aromatic carbocycles. The molecule has 0 aliphatic carbocycles. The molecule has 78 valence electrons. The van der Waals surface area contributed by atoms with E-state index in [4.69, 9.17) is 21.7 Å². The van der Waals surface area contributed by atoms with Crippen molar-refractivity contribution in [2.75, 3.05) is 30.0 Å². The maximum atomic E-state index is 8.81. The highest BCUT2D eigenvalue weighted by molar-refractivity contribution is 5.72. The molecule has 0 aliphatic heterocycles. The quantitative estimate of drug-likeness (QED) is 0.395. The standard InChI is InChI=1S/C7H13N5O2/c8-5-6(9)10-3-11-7(5)12-4(1-13)2-14/h3-4,13-14H,1-2,8H2,(H3,9,10,11,12). The van der Waals surface area contributed by atoms with Crippen molar-refractivity contribution >= 4 is 17.3 Å². The van der Waals surface area contributed by atoms with E-state index in [0.717, 1.165) is 0 Å². The second-order valence-electron chi connectivity index (χ2n) is 2.73. The van der Waals surface area contributed by atoms with Gasteiger partial charge in [-0.2, -0.15) is 0 Å². The van der Waals surface area contributed by atoms with Crippen LogP contribution in [-0.4, -0.2) is 39.4 Å². The van der Waals surface area contributed by atoms with Gasteiger partial charge in [0.15, 0.2) is 11.6 Å². The van der Waals surface area contributed by atoms with Gasteiger partial charge >= 0.3 is 0 Å². The number of hydrogen-bond donors (Lipinski definition) is 5. The summed E-state index contributed by atoms with van der Waals surface area (Å²) >= 11 is 0. The van der Waals surface area contributed by atoms with Crippen LogP contribution in [0.2, 0.25) is 0 Å². The molecule has 1 rings (SSSR count). The van der Waals surface area contributed by atoms with Gasteiger partial charge < -0.3 is 27.0 Å². The van der Waals surface area contributed by atoms with Crippen LogP contribution in [0.4, 0.5) is 17.3 Å². The van der Waals surface area contributed by atoms with Crippen molar-refractivity contribution < 1.29 is 10.2 Å². The first kappa shape index (κ1) is 10.5. The van der Waals surface area contributed by atoms with Crippen molar-refractivity contribution in [3.8, 4) is 0 Å². The first-order chi connectivity index (χ1) is 6.69. The Bertz CT molecular complexity index is 302. The molecule has 0 saturated carbocycles. The average Bonchev–Trinajstić information content (AvgIpc) is 2.20. The third kappa shape index (κ3) is 2.21. The maximum absolute atomic E-state index is 8.81. The molecular weight excluding hydrogens is 186 g/mol. The van der Waals surface area contributed by atoms with Crippen molar-refractivity contribution in [3.05, 3.63) is 6.33 Å². The molecule has 0 saturated heterocycles. The topological polar surface area (TPSA) is 130 Å².